The summed E-state index contributed by atoms with van der Waals surface area (Å²) in [5.41, 5.74) is 4.24. The largest absolute Gasteiger partial charge is 0.309 e. The number of benzene rings is 2. The molecule has 0 aromatic heterocycles. The summed E-state index contributed by atoms with van der Waals surface area (Å²) in [5, 5.41) is 14.2. The Kier molecular flexibility index (Phi) is 4.48. The fourth-order valence-corrected chi connectivity index (χ4v) is 2.13. The maximum Gasteiger partial charge on any atom is 0.272 e. The van der Waals surface area contributed by atoms with Crippen LogP contribution in [0.2, 0.25) is 0 Å². The van der Waals surface area contributed by atoms with E-state index in [9.17, 15) is 10.1 Å². The number of hydrogen-bond donors (Lipinski definition) is 1. The molecule has 1 N–H and O–H groups in total. The molecule has 0 radical (unpaired) electrons. The van der Waals surface area contributed by atoms with E-state index in [4.69, 9.17) is 0 Å². The molecule has 4 heteroatoms. The second-order valence-electron chi connectivity index (χ2n) is 4.97. The lowest BCUT2D eigenvalue weighted by Crippen LogP contribution is -2.13. The van der Waals surface area contributed by atoms with Crippen LogP contribution >= 0.6 is 0 Å². The van der Waals surface area contributed by atoms with Crippen LogP contribution in [0.5, 0.6) is 0 Å². The zero-order valence-electron chi connectivity index (χ0n) is 11.7. The molecule has 0 atom stereocenters. The highest BCUT2D eigenvalue weighted by atomic mass is 16.6. The highest BCUT2D eigenvalue weighted by Gasteiger charge is 2.10. The Morgan fingerprint density at radius 3 is 2.40 bits per heavy atom. The standard InChI is InChI=1S/C16H18N2O2/c1-12-4-3-5-14(8-12)10-17-11-15-7-6-13(2)16(9-15)18(19)20/h3-9,17H,10-11H2,1-2H3. The summed E-state index contributed by atoms with van der Waals surface area (Å²) in [7, 11) is 0. The minimum absolute atomic E-state index is 0.180. The van der Waals surface area contributed by atoms with Gasteiger partial charge in [0.2, 0.25) is 0 Å². The van der Waals surface area contributed by atoms with Crippen molar-refractivity contribution in [2.45, 2.75) is 26.9 Å². The Bertz CT molecular complexity index is 624. The number of nitro benzene ring substituents is 1. The van der Waals surface area contributed by atoms with Crippen molar-refractivity contribution in [3.63, 3.8) is 0 Å². The average molecular weight is 270 g/mol. The third-order valence-electron chi connectivity index (χ3n) is 3.21. The lowest BCUT2D eigenvalue weighted by Gasteiger charge is -2.07. The molecular weight excluding hydrogens is 252 g/mol. The Hall–Kier alpha value is -2.20. The first kappa shape index (κ1) is 14.2. The molecule has 2 aromatic carbocycles. The van der Waals surface area contributed by atoms with Gasteiger partial charge in [-0.05, 0) is 25.0 Å². The maximum absolute atomic E-state index is 10.9. The van der Waals surface area contributed by atoms with Crippen molar-refractivity contribution in [2.75, 3.05) is 0 Å². The smallest absolute Gasteiger partial charge is 0.272 e. The zero-order valence-corrected chi connectivity index (χ0v) is 11.7. The molecular formula is C16H18N2O2. The van der Waals surface area contributed by atoms with Gasteiger partial charge in [0.05, 0.1) is 4.92 Å². The highest BCUT2D eigenvalue weighted by molar-refractivity contribution is 5.42. The van der Waals surface area contributed by atoms with E-state index in [2.05, 4.69) is 30.4 Å². The predicted molar refractivity (Wildman–Crippen MR) is 79.6 cm³/mol. The van der Waals surface area contributed by atoms with Crippen LogP contribution in [0.4, 0.5) is 5.69 Å². The lowest BCUT2D eigenvalue weighted by molar-refractivity contribution is -0.385. The first-order valence-corrected chi connectivity index (χ1v) is 6.56. The summed E-state index contributed by atoms with van der Waals surface area (Å²) < 4.78 is 0. The molecule has 104 valence electrons. The van der Waals surface area contributed by atoms with Crippen LogP contribution in [0.3, 0.4) is 0 Å². The van der Waals surface area contributed by atoms with Crippen molar-refractivity contribution in [3.05, 3.63) is 74.8 Å². The number of nitrogens with zero attached hydrogens (tertiary/aromatic N) is 1. The molecule has 2 rings (SSSR count). The van der Waals surface area contributed by atoms with E-state index in [0.717, 1.165) is 12.1 Å². The van der Waals surface area contributed by atoms with E-state index < -0.39 is 0 Å². The van der Waals surface area contributed by atoms with Gasteiger partial charge in [-0.1, -0.05) is 42.0 Å². The molecule has 0 heterocycles. The van der Waals surface area contributed by atoms with Crippen LogP contribution in [0.1, 0.15) is 22.3 Å². The van der Waals surface area contributed by atoms with E-state index in [1.807, 2.05) is 12.1 Å². The normalized spacial score (nSPS) is 10.5. The van der Waals surface area contributed by atoms with Gasteiger partial charge in [-0.25, -0.2) is 0 Å². The van der Waals surface area contributed by atoms with E-state index in [1.54, 1.807) is 19.1 Å². The molecule has 0 saturated carbocycles. The lowest BCUT2D eigenvalue weighted by atomic mass is 10.1. The monoisotopic (exact) mass is 270 g/mol. The molecule has 0 aliphatic heterocycles. The molecule has 0 amide bonds. The van der Waals surface area contributed by atoms with Crippen LogP contribution in [-0.4, -0.2) is 4.92 Å². The van der Waals surface area contributed by atoms with Crippen molar-refractivity contribution in [2.24, 2.45) is 0 Å². The van der Waals surface area contributed by atoms with Gasteiger partial charge in [0, 0.05) is 24.7 Å². The first-order chi connectivity index (χ1) is 9.56. The van der Waals surface area contributed by atoms with Gasteiger partial charge in [0.25, 0.3) is 5.69 Å². The van der Waals surface area contributed by atoms with Crippen molar-refractivity contribution in [3.8, 4) is 0 Å². The first-order valence-electron chi connectivity index (χ1n) is 6.56. The molecule has 0 aliphatic carbocycles. The quantitative estimate of drug-likeness (QED) is 0.668. The average Bonchev–Trinajstić information content (AvgIpc) is 2.40. The summed E-state index contributed by atoms with van der Waals surface area (Å²) in [6.45, 7) is 5.19. The number of aryl methyl sites for hydroxylation is 2. The molecule has 4 nitrogen and oxygen atoms in total. The topological polar surface area (TPSA) is 55.2 Å². The van der Waals surface area contributed by atoms with Crippen LogP contribution < -0.4 is 5.32 Å². The van der Waals surface area contributed by atoms with Crippen molar-refractivity contribution >= 4 is 5.69 Å². The molecule has 0 saturated heterocycles. The minimum Gasteiger partial charge on any atom is -0.309 e. The SMILES string of the molecule is Cc1cccc(CNCc2ccc(C)c([N+](=O)[O-])c2)c1. The second kappa shape index (κ2) is 6.30. The second-order valence-corrected chi connectivity index (χ2v) is 4.97. The van der Waals surface area contributed by atoms with Gasteiger partial charge >= 0.3 is 0 Å². The highest BCUT2D eigenvalue weighted by Crippen LogP contribution is 2.19. The van der Waals surface area contributed by atoms with E-state index in [0.29, 0.717) is 12.1 Å². The van der Waals surface area contributed by atoms with Gasteiger partial charge in [-0.3, -0.25) is 10.1 Å². The van der Waals surface area contributed by atoms with Gasteiger partial charge in [0.1, 0.15) is 0 Å². The van der Waals surface area contributed by atoms with Crippen molar-refractivity contribution < 1.29 is 4.92 Å². The van der Waals surface area contributed by atoms with Crippen molar-refractivity contribution in [1.82, 2.24) is 5.32 Å². The summed E-state index contributed by atoms with van der Waals surface area (Å²) in [6, 6.07) is 13.6. The van der Waals surface area contributed by atoms with Gasteiger partial charge in [0.15, 0.2) is 0 Å². The summed E-state index contributed by atoms with van der Waals surface area (Å²) >= 11 is 0. The van der Waals surface area contributed by atoms with Crippen LogP contribution in [-0.2, 0) is 13.1 Å². The Morgan fingerprint density at radius 2 is 1.75 bits per heavy atom. The Balaban J connectivity index is 1.97. The van der Waals surface area contributed by atoms with E-state index in [-0.39, 0.29) is 10.6 Å². The molecule has 0 bridgehead atoms. The number of nitrogens with one attached hydrogen (secondary N) is 1. The third kappa shape index (κ3) is 3.65. The Labute approximate surface area is 118 Å². The van der Waals surface area contributed by atoms with Crippen LogP contribution in [0, 0.1) is 24.0 Å². The zero-order chi connectivity index (χ0) is 14.5. The molecule has 20 heavy (non-hydrogen) atoms. The minimum atomic E-state index is -0.334. The third-order valence-corrected chi connectivity index (χ3v) is 3.21. The van der Waals surface area contributed by atoms with Crippen LogP contribution in [0.25, 0.3) is 0 Å². The van der Waals surface area contributed by atoms with Crippen molar-refractivity contribution in [1.29, 1.82) is 0 Å². The Morgan fingerprint density at radius 1 is 1.05 bits per heavy atom. The fourth-order valence-electron chi connectivity index (χ4n) is 2.13. The number of nitro groups is 1. The predicted octanol–water partition coefficient (Wildman–Crippen LogP) is 3.50. The molecule has 0 unspecified atom stereocenters. The summed E-state index contributed by atoms with van der Waals surface area (Å²) in [5.74, 6) is 0. The molecule has 0 aliphatic rings. The van der Waals surface area contributed by atoms with Gasteiger partial charge < -0.3 is 5.32 Å². The van der Waals surface area contributed by atoms with E-state index >= 15 is 0 Å². The summed E-state index contributed by atoms with van der Waals surface area (Å²) in [6.07, 6.45) is 0. The van der Waals surface area contributed by atoms with Crippen LogP contribution in [0.15, 0.2) is 42.5 Å². The van der Waals surface area contributed by atoms with Gasteiger partial charge in [-0.15, -0.1) is 0 Å². The number of rotatable bonds is 5. The maximum atomic E-state index is 10.9. The fraction of sp³-hybridized carbons (Fsp3) is 0.250. The number of hydrogen-bond acceptors (Lipinski definition) is 3. The molecule has 2 aromatic rings. The molecule has 0 spiro atoms. The summed E-state index contributed by atoms with van der Waals surface area (Å²) in [4.78, 5) is 10.6. The van der Waals surface area contributed by atoms with E-state index in [1.165, 1.54) is 11.1 Å². The van der Waals surface area contributed by atoms with Gasteiger partial charge in [-0.2, -0.15) is 0 Å². The molecule has 0 fully saturated rings.